The Morgan fingerprint density at radius 2 is 1.91 bits per heavy atom. The summed E-state index contributed by atoms with van der Waals surface area (Å²) in [5, 5.41) is 0.980. The van der Waals surface area contributed by atoms with E-state index in [0.29, 0.717) is 5.95 Å². The first-order chi connectivity index (χ1) is 10.7. The van der Waals surface area contributed by atoms with Gasteiger partial charge in [-0.2, -0.15) is 4.98 Å². The highest BCUT2D eigenvalue weighted by atomic mass is 79.9. The van der Waals surface area contributed by atoms with Crippen molar-refractivity contribution in [1.29, 1.82) is 0 Å². The third-order valence-corrected chi connectivity index (χ3v) is 3.90. The minimum atomic E-state index is 0.398. The summed E-state index contributed by atoms with van der Waals surface area (Å²) in [4.78, 5) is 11.1. The minimum Gasteiger partial charge on any atom is -0.326 e. The number of para-hydroxylation sites is 1. The van der Waals surface area contributed by atoms with E-state index in [0.717, 1.165) is 33.4 Å². The van der Waals surface area contributed by atoms with Crippen LogP contribution in [0.5, 0.6) is 0 Å². The van der Waals surface area contributed by atoms with Gasteiger partial charge in [0.05, 0.1) is 5.52 Å². The lowest BCUT2D eigenvalue weighted by Crippen LogP contribution is -2.20. The average molecular weight is 358 g/mol. The molecule has 0 saturated heterocycles. The Hall–Kier alpha value is -2.18. The standard InChI is InChI=1S/C16H16BrN5/c1-2-22(12-6-4-3-5-7-12)15-13-9-8-11(17)10-14(13)19-16(20-15)21-18/h3-10H,2,18H2,1H3,(H,19,20,21). The van der Waals surface area contributed by atoms with Crippen molar-refractivity contribution in [3.05, 3.63) is 53.0 Å². The van der Waals surface area contributed by atoms with Crippen molar-refractivity contribution >= 4 is 44.3 Å². The van der Waals surface area contributed by atoms with Crippen LogP contribution in [0.1, 0.15) is 6.92 Å². The van der Waals surface area contributed by atoms with Crippen molar-refractivity contribution < 1.29 is 0 Å². The number of nitrogens with two attached hydrogens (primary N) is 1. The van der Waals surface area contributed by atoms with Gasteiger partial charge in [0.1, 0.15) is 5.82 Å². The van der Waals surface area contributed by atoms with Gasteiger partial charge in [0.2, 0.25) is 5.95 Å². The van der Waals surface area contributed by atoms with Crippen LogP contribution in [0.4, 0.5) is 17.5 Å². The normalized spacial score (nSPS) is 10.7. The number of fused-ring (bicyclic) bond motifs is 1. The first kappa shape index (κ1) is 14.7. The number of hydrazine groups is 1. The Balaban J connectivity index is 2.23. The molecule has 0 amide bonds. The zero-order valence-corrected chi connectivity index (χ0v) is 13.7. The van der Waals surface area contributed by atoms with E-state index < -0.39 is 0 Å². The number of nitrogens with zero attached hydrogens (tertiary/aromatic N) is 3. The molecule has 0 fully saturated rings. The van der Waals surface area contributed by atoms with Crippen LogP contribution in [0.15, 0.2) is 53.0 Å². The fourth-order valence-corrected chi connectivity index (χ4v) is 2.77. The number of aromatic nitrogens is 2. The third-order valence-electron chi connectivity index (χ3n) is 3.41. The first-order valence-electron chi connectivity index (χ1n) is 6.99. The smallest absolute Gasteiger partial charge is 0.239 e. The van der Waals surface area contributed by atoms with Crippen LogP contribution in [0.25, 0.3) is 10.9 Å². The number of hydrogen-bond acceptors (Lipinski definition) is 5. The number of nitrogens with one attached hydrogen (secondary N) is 1. The average Bonchev–Trinajstić information content (AvgIpc) is 2.55. The van der Waals surface area contributed by atoms with Crippen LogP contribution >= 0.6 is 15.9 Å². The molecule has 1 heterocycles. The highest BCUT2D eigenvalue weighted by Gasteiger charge is 2.15. The topological polar surface area (TPSA) is 67.1 Å². The molecule has 1 aromatic heterocycles. The summed E-state index contributed by atoms with van der Waals surface area (Å²) in [6.45, 7) is 2.88. The van der Waals surface area contributed by atoms with Crippen LogP contribution < -0.4 is 16.2 Å². The van der Waals surface area contributed by atoms with Crippen LogP contribution in [0.2, 0.25) is 0 Å². The second-order valence-electron chi connectivity index (χ2n) is 4.76. The van der Waals surface area contributed by atoms with Gasteiger partial charge in [0.25, 0.3) is 0 Å². The Labute approximate surface area is 137 Å². The lowest BCUT2D eigenvalue weighted by molar-refractivity contribution is 0.987. The van der Waals surface area contributed by atoms with Crippen LogP contribution in [0, 0.1) is 0 Å². The molecule has 0 unspecified atom stereocenters. The number of rotatable bonds is 4. The van der Waals surface area contributed by atoms with Crippen molar-refractivity contribution in [1.82, 2.24) is 9.97 Å². The SMILES string of the molecule is CCN(c1ccccc1)c1nc(NN)nc2cc(Br)ccc12. The van der Waals surface area contributed by atoms with Gasteiger partial charge in [-0.3, -0.25) is 5.43 Å². The zero-order valence-electron chi connectivity index (χ0n) is 12.1. The molecule has 0 bridgehead atoms. The molecule has 2 aromatic carbocycles. The molecular weight excluding hydrogens is 342 g/mol. The van der Waals surface area contributed by atoms with Crippen molar-refractivity contribution in [2.75, 3.05) is 16.9 Å². The third kappa shape index (κ3) is 2.75. The van der Waals surface area contributed by atoms with Crippen molar-refractivity contribution in [3.8, 4) is 0 Å². The van der Waals surface area contributed by atoms with E-state index in [-0.39, 0.29) is 0 Å². The van der Waals surface area contributed by atoms with E-state index in [1.54, 1.807) is 0 Å². The molecule has 0 aliphatic carbocycles. The summed E-state index contributed by atoms with van der Waals surface area (Å²) >= 11 is 3.48. The molecule has 3 aromatic rings. The molecule has 22 heavy (non-hydrogen) atoms. The lowest BCUT2D eigenvalue weighted by atomic mass is 10.2. The van der Waals surface area contributed by atoms with Gasteiger partial charge >= 0.3 is 0 Å². The van der Waals surface area contributed by atoms with E-state index in [9.17, 15) is 0 Å². The maximum atomic E-state index is 5.52. The van der Waals surface area contributed by atoms with Gasteiger partial charge < -0.3 is 4.90 Å². The quantitative estimate of drug-likeness (QED) is 0.548. The molecule has 3 rings (SSSR count). The predicted molar refractivity (Wildman–Crippen MR) is 94.2 cm³/mol. The molecule has 0 atom stereocenters. The second-order valence-corrected chi connectivity index (χ2v) is 5.67. The van der Waals surface area contributed by atoms with Crippen LogP contribution in [0.3, 0.4) is 0 Å². The summed E-state index contributed by atoms with van der Waals surface area (Å²) in [6, 6.07) is 16.1. The van der Waals surface area contributed by atoms with Gasteiger partial charge in [-0.15, -0.1) is 0 Å². The maximum absolute atomic E-state index is 5.52. The number of anilines is 3. The van der Waals surface area contributed by atoms with Crippen molar-refractivity contribution in [2.24, 2.45) is 5.84 Å². The lowest BCUT2D eigenvalue weighted by Gasteiger charge is -2.24. The predicted octanol–water partition coefficient (Wildman–Crippen LogP) is 3.84. The first-order valence-corrected chi connectivity index (χ1v) is 7.78. The minimum absolute atomic E-state index is 0.398. The number of benzene rings is 2. The fraction of sp³-hybridized carbons (Fsp3) is 0.125. The summed E-state index contributed by atoms with van der Waals surface area (Å²) < 4.78 is 0.968. The summed E-state index contributed by atoms with van der Waals surface area (Å²) in [7, 11) is 0. The number of nitrogen functional groups attached to an aromatic ring is 1. The second kappa shape index (κ2) is 6.29. The maximum Gasteiger partial charge on any atom is 0.239 e. The van der Waals surface area contributed by atoms with Crippen molar-refractivity contribution in [3.63, 3.8) is 0 Å². The highest BCUT2D eigenvalue weighted by Crippen LogP contribution is 2.31. The summed E-state index contributed by atoms with van der Waals surface area (Å²) in [5.74, 6) is 6.75. The molecule has 0 aliphatic rings. The molecule has 0 spiro atoms. The molecule has 5 nitrogen and oxygen atoms in total. The molecule has 0 radical (unpaired) electrons. The molecule has 3 N–H and O–H groups in total. The van der Waals surface area contributed by atoms with E-state index >= 15 is 0 Å². The van der Waals surface area contributed by atoms with Gasteiger partial charge in [-0.05, 0) is 37.3 Å². The van der Waals surface area contributed by atoms with Crippen LogP contribution in [-0.2, 0) is 0 Å². The summed E-state index contributed by atoms with van der Waals surface area (Å²) in [6.07, 6.45) is 0. The monoisotopic (exact) mass is 357 g/mol. The largest absolute Gasteiger partial charge is 0.326 e. The van der Waals surface area contributed by atoms with Gasteiger partial charge in [0, 0.05) is 22.1 Å². The van der Waals surface area contributed by atoms with E-state index in [1.807, 2.05) is 36.4 Å². The number of hydrogen-bond donors (Lipinski definition) is 2. The molecule has 0 aliphatic heterocycles. The molecule has 6 heteroatoms. The van der Waals surface area contributed by atoms with Gasteiger partial charge in [-0.1, -0.05) is 34.1 Å². The van der Waals surface area contributed by atoms with E-state index in [2.05, 4.69) is 55.3 Å². The Morgan fingerprint density at radius 3 is 2.59 bits per heavy atom. The Morgan fingerprint density at radius 1 is 1.14 bits per heavy atom. The molecule has 0 saturated carbocycles. The Kier molecular flexibility index (Phi) is 4.22. The van der Waals surface area contributed by atoms with Crippen LogP contribution in [-0.4, -0.2) is 16.5 Å². The summed E-state index contributed by atoms with van der Waals surface area (Å²) in [5.41, 5.74) is 4.46. The van der Waals surface area contributed by atoms with E-state index in [1.165, 1.54) is 0 Å². The highest BCUT2D eigenvalue weighted by molar-refractivity contribution is 9.10. The van der Waals surface area contributed by atoms with Gasteiger partial charge in [0.15, 0.2) is 0 Å². The van der Waals surface area contributed by atoms with Gasteiger partial charge in [-0.25, -0.2) is 10.8 Å². The van der Waals surface area contributed by atoms with Crippen molar-refractivity contribution in [2.45, 2.75) is 6.92 Å². The fourth-order valence-electron chi connectivity index (χ4n) is 2.42. The number of halogens is 1. The molecule has 112 valence electrons. The zero-order chi connectivity index (χ0) is 15.5. The molecular formula is C16H16BrN5. The Bertz CT molecular complexity index is 791. The van der Waals surface area contributed by atoms with E-state index in [4.69, 9.17) is 5.84 Å².